The van der Waals surface area contributed by atoms with E-state index in [1.165, 1.54) is 0 Å². The summed E-state index contributed by atoms with van der Waals surface area (Å²) in [5.41, 5.74) is 1.62. The molecule has 3 heterocycles. The molecule has 7 heteroatoms. The third-order valence-electron chi connectivity index (χ3n) is 3.81. The van der Waals surface area contributed by atoms with Crippen molar-refractivity contribution in [3.8, 4) is 0 Å². The number of nitrogens with zero attached hydrogens (tertiary/aromatic N) is 4. The molecule has 118 valence electrons. The van der Waals surface area contributed by atoms with Crippen molar-refractivity contribution in [2.24, 2.45) is 7.05 Å². The first-order chi connectivity index (χ1) is 10.6. The highest BCUT2D eigenvalue weighted by Gasteiger charge is 2.25. The normalized spacial score (nSPS) is 20.1. The van der Waals surface area contributed by atoms with Crippen LogP contribution in [-0.2, 0) is 13.6 Å². The van der Waals surface area contributed by atoms with E-state index in [2.05, 4.69) is 10.00 Å². The van der Waals surface area contributed by atoms with Gasteiger partial charge in [-0.3, -0.25) is 14.4 Å². The van der Waals surface area contributed by atoms with Crippen LogP contribution in [0.15, 0.2) is 35.4 Å². The van der Waals surface area contributed by atoms with Gasteiger partial charge in [-0.05, 0) is 6.07 Å². The second-order valence-electron chi connectivity index (χ2n) is 5.67. The fraction of sp³-hybridized carbons (Fsp3) is 0.467. The van der Waals surface area contributed by atoms with Crippen LogP contribution in [0, 0.1) is 0 Å². The molecule has 22 heavy (non-hydrogen) atoms. The summed E-state index contributed by atoms with van der Waals surface area (Å²) in [5, 5.41) is 14.2. The van der Waals surface area contributed by atoms with Gasteiger partial charge < -0.3 is 14.4 Å². The fourth-order valence-corrected chi connectivity index (χ4v) is 2.74. The Labute approximate surface area is 128 Å². The summed E-state index contributed by atoms with van der Waals surface area (Å²) >= 11 is 0. The van der Waals surface area contributed by atoms with Crippen LogP contribution in [0.1, 0.15) is 15.9 Å². The number of β-amino-alcohol motifs (C(OH)–C–C–N with tert-alkyl or cyclic N) is 1. The lowest BCUT2D eigenvalue weighted by atomic mass is 10.2. The number of aliphatic hydroxyl groups excluding tert-OH is 1. The van der Waals surface area contributed by atoms with Gasteiger partial charge in [-0.15, -0.1) is 0 Å². The Morgan fingerprint density at radius 2 is 2.32 bits per heavy atom. The largest absolute Gasteiger partial charge is 0.472 e. The summed E-state index contributed by atoms with van der Waals surface area (Å²) in [6, 6.07) is 1.91. The SMILES string of the molecule is Cn1cc(C(=O)N2CCN(Cc3ccoc3)C[C@@H](O)C2)cn1. The van der Waals surface area contributed by atoms with Crippen LogP contribution in [0.25, 0.3) is 0 Å². The van der Waals surface area contributed by atoms with E-state index >= 15 is 0 Å². The summed E-state index contributed by atoms with van der Waals surface area (Å²) in [6.45, 7) is 2.90. The molecule has 7 nitrogen and oxygen atoms in total. The molecule has 0 aromatic carbocycles. The van der Waals surface area contributed by atoms with Crippen molar-refractivity contribution in [3.63, 3.8) is 0 Å². The number of hydrogen-bond donors (Lipinski definition) is 1. The number of aliphatic hydroxyl groups is 1. The van der Waals surface area contributed by atoms with Crippen molar-refractivity contribution in [1.82, 2.24) is 19.6 Å². The van der Waals surface area contributed by atoms with Crippen molar-refractivity contribution in [2.45, 2.75) is 12.6 Å². The third kappa shape index (κ3) is 3.37. The number of furan rings is 1. The Morgan fingerprint density at radius 1 is 1.45 bits per heavy atom. The van der Waals surface area contributed by atoms with E-state index in [1.54, 1.807) is 41.5 Å². The highest BCUT2D eigenvalue weighted by Crippen LogP contribution is 2.12. The Morgan fingerprint density at radius 3 is 3.00 bits per heavy atom. The van der Waals surface area contributed by atoms with Crippen LogP contribution in [-0.4, -0.2) is 62.9 Å². The van der Waals surface area contributed by atoms with E-state index in [0.29, 0.717) is 38.3 Å². The predicted molar refractivity (Wildman–Crippen MR) is 79.1 cm³/mol. The lowest BCUT2D eigenvalue weighted by Crippen LogP contribution is -2.37. The van der Waals surface area contributed by atoms with Gasteiger partial charge in [-0.1, -0.05) is 0 Å². The molecule has 0 radical (unpaired) electrons. The minimum absolute atomic E-state index is 0.0858. The minimum atomic E-state index is -0.560. The number of amides is 1. The molecule has 2 aromatic heterocycles. The van der Waals surface area contributed by atoms with Gasteiger partial charge in [-0.2, -0.15) is 5.10 Å². The first-order valence-electron chi connectivity index (χ1n) is 7.31. The van der Waals surface area contributed by atoms with Crippen LogP contribution < -0.4 is 0 Å². The molecule has 2 aromatic rings. The van der Waals surface area contributed by atoms with E-state index in [-0.39, 0.29) is 5.91 Å². The van der Waals surface area contributed by atoms with E-state index in [4.69, 9.17) is 4.42 Å². The second-order valence-corrected chi connectivity index (χ2v) is 5.67. The monoisotopic (exact) mass is 304 g/mol. The van der Waals surface area contributed by atoms with Crippen LogP contribution >= 0.6 is 0 Å². The predicted octanol–water partition coefficient (Wildman–Crippen LogP) is 0.332. The van der Waals surface area contributed by atoms with E-state index in [9.17, 15) is 9.90 Å². The molecule has 0 saturated carbocycles. The topological polar surface area (TPSA) is 74.7 Å². The maximum atomic E-state index is 12.5. The quantitative estimate of drug-likeness (QED) is 0.884. The van der Waals surface area contributed by atoms with E-state index in [0.717, 1.165) is 5.56 Å². The Bertz CT molecular complexity index is 623. The zero-order valence-electron chi connectivity index (χ0n) is 12.6. The number of rotatable bonds is 3. The molecule has 0 unspecified atom stereocenters. The van der Waals surface area contributed by atoms with Gasteiger partial charge in [0, 0.05) is 51.5 Å². The first kappa shape index (κ1) is 14.8. The molecule has 1 atom stereocenters. The zero-order valence-corrected chi connectivity index (χ0v) is 12.6. The van der Waals surface area contributed by atoms with Crippen LogP contribution in [0.3, 0.4) is 0 Å². The third-order valence-corrected chi connectivity index (χ3v) is 3.81. The molecule has 1 aliphatic rings. The number of carbonyl (C=O) groups is 1. The maximum Gasteiger partial charge on any atom is 0.257 e. The van der Waals surface area contributed by atoms with Crippen molar-refractivity contribution in [2.75, 3.05) is 26.2 Å². The Hall–Kier alpha value is -2.12. The smallest absolute Gasteiger partial charge is 0.257 e. The molecule has 1 saturated heterocycles. The fourth-order valence-electron chi connectivity index (χ4n) is 2.74. The van der Waals surface area contributed by atoms with E-state index in [1.807, 2.05) is 6.07 Å². The molecule has 0 bridgehead atoms. The molecular formula is C15H20N4O3. The minimum Gasteiger partial charge on any atom is -0.472 e. The standard InChI is InChI=1S/C15H20N4O3/c1-17-8-13(6-16-17)15(21)19-4-3-18(9-14(20)10-19)7-12-2-5-22-11-12/h2,5-6,8,11,14,20H,3-4,7,9-10H2,1H3/t14-/m1/s1. The van der Waals surface area contributed by atoms with Gasteiger partial charge in [0.2, 0.25) is 0 Å². The van der Waals surface area contributed by atoms with Crippen LogP contribution in [0.2, 0.25) is 0 Å². The molecule has 3 rings (SSSR count). The average Bonchev–Trinajstić information content (AvgIpc) is 3.10. The molecule has 0 spiro atoms. The average molecular weight is 304 g/mol. The summed E-state index contributed by atoms with van der Waals surface area (Å²) in [7, 11) is 1.78. The molecular weight excluding hydrogens is 284 g/mol. The van der Waals surface area contributed by atoms with Crippen LogP contribution in [0.5, 0.6) is 0 Å². The van der Waals surface area contributed by atoms with E-state index < -0.39 is 6.10 Å². The highest BCUT2D eigenvalue weighted by atomic mass is 16.3. The number of carbonyl (C=O) groups excluding carboxylic acids is 1. The van der Waals surface area contributed by atoms with Gasteiger partial charge in [0.05, 0.1) is 30.4 Å². The molecule has 1 fully saturated rings. The summed E-state index contributed by atoms with van der Waals surface area (Å²) < 4.78 is 6.67. The van der Waals surface area contributed by atoms with Crippen molar-refractivity contribution in [1.29, 1.82) is 0 Å². The highest BCUT2D eigenvalue weighted by molar-refractivity contribution is 5.93. The van der Waals surface area contributed by atoms with Gasteiger partial charge in [0.15, 0.2) is 0 Å². The first-order valence-corrected chi connectivity index (χ1v) is 7.31. The van der Waals surface area contributed by atoms with Gasteiger partial charge in [-0.25, -0.2) is 0 Å². The molecule has 0 aliphatic carbocycles. The summed E-state index contributed by atoms with van der Waals surface area (Å²) in [6.07, 6.45) is 6.04. The van der Waals surface area contributed by atoms with Crippen LogP contribution in [0.4, 0.5) is 0 Å². The number of hydrogen-bond acceptors (Lipinski definition) is 5. The summed E-state index contributed by atoms with van der Waals surface area (Å²) in [4.78, 5) is 16.3. The zero-order chi connectivity index (χ0) is 15.5. The molecule has 1 amide bonds. The Kier molecular flexibility index (Phi) is 4.26. The van der Waals surface area contributed by atoms with Gasteiger partial charge >= 0.3 is 0 Å². The summed E-state index contributed by atoms with van der Waals surface area (Å²) in [5.74, 6) is -0.0858. The lowest BCUT2D eigenvalue weighted by Gasteiger charge is -2.21. The maximum absolute atomic E-state index is 12.5. The van der Waals surface area contributed by atoms with Crippen molar-refractivity contribution >= 4 is 5.91 Å². The van der Waals surface area contributed by atoms with Gasteiger partial charge in [0.1, 0.15) is 0 Å². The lowest BCUT2D eigenvalue weighted by molar-refractivity contribution is 0.0663. The molecule has 1 N–H and O–H groups in total. The number of aryl methyl sites for hydroxylation is 1. The number of aromatic nitrogens is 2. The second kappa shape index (κ2) is 6.33. The van der Waals surface area contributed by atoms with Gasteiger partial charge in [0.25, 0.3) is 5.91 Å². The van der Waals surface area contributed by atoms with Crippen molar-refractivity contribution in [3.05, 3.63) is 42.1 Å². The van der Waals surface area contributed by atoms with Crippen molar-refractivity contribution < 1.29 is 14.3 Å². The molecule has 1 aliphatic heterocycles. The Balaban J connectivity index is 1.65.